The number of H-pyrrole nitrogens is 1. The van der Waals surface area contributed by atoms with E-state index in [0.29, 0.717) is 31.2 Å². The Morgan fingerprint density at radius 2 is 1.93 bits per heavy atom. The molecule has 0 bridgehead atoms. The van der Waals surface area contributed by atoms with Gasteiger partial charge in [0.1, 0.15) is 12.4 Å². The third-order valence-electron chi connectivity index (χ3n) is 5.15. The van der Waals surface area contributed by atoms with Gasteiger partial charge in [-0.3, -0.25) is 9.89 Å². The maximum atomic E-state index is 11.0. The van der Waals surface area contributed by atoms with Gasteiger partial charge in [-0.1, -0.05) is 6.07 Å². The minimum absolute atomic E-state index is 0.0670. The van der Waals surface area contributed by atoms with E-state index in [-0.39, 0.29) is 13.2 Å². The fourth-order valence-corrected chi connectivity index (χ4v) is 3.62. The van der Waals surface area contributed by atoms with E-state index in [1.165, 1.54) is 0 Å². The van der Waals surface area contributed by atoms with Gasteiger partial charge in [0.25, 0.3) is 6.47 Å². The molecule has 0 aliphatic carbocycles. The van der Waals surface area contributed by atoms with E-state index in [9.17, 15) is 18.7 Å². The first-order valence-corrected chi connectivity index (χ1v) is 12.3. The summed E-state index contributed by atoms with van der Waals surface area (Å²) in [5.74, 6) is -1.40. The predicted molar refractivity (Wildman–Crippen MR) is 151 cm³/mol. The molecule has 0 spiro atoms. The summed E-state index contributed by atoms with van der Waals surface area (Å²) >= 11 is 0. The number of benzene rings is 2. The van der Waals surface area contributed by atoms with Crippen molar-refractivity contribution in [2.24, 2.45) is 0 Å². The first-order valence-electron chi connectivity index (χ1n) is 12.3. The molecule has 0 saturated heterocycles. The molecule has 0 fully saturated rings. The molecule has 0 saturated carbocycles. The van der Waals surface area contributed by atoms with Crippen LogP contribution in [-0.4, -0.2) is 70.1 Å². The zero-order valence-electron chi connectivity index (χ0n) is 22.9. The number of aliphatic hydroxyl groups is 2. The van der Waals surface area contributed by atoms with Crippen LogP contribution in [0.4, 0.5) is 37.6 Å². The summed E-state index contributed by atoms with van der Waals surface area (Å²) < 4.78 is 27.0. The van der Waals surface area contributed by atoms with Crippen LogP contribution in [0.3, 0.4) is 0 Å². The van der Waals surface area contributed by atoms with E-state index in [1.807, 2.05) is 47.4 Å². The smallest absolute Gasteiger partial charge is 0.293 e. The number of anilines is 5. The molecule has 2 heterocycles. The minimum Gasteiger partial charge on any atom is -0.463 e. The zero-order valence-corrected chi connectivity index (χ0v) is 22.9. The third kappa shape index (κ3) is 9.75. The highest BCUT2D eigenvalue weighted by atomic mass is 19.3. The molecule has 11 nitrogen and oxygen atoms in total. The molecule has 2 aromatic carbocycles. The highest BCUT2D eigenvalue weighted by molar-refractivity contribution is 5.93. The predicted octanol–water partition coefficient (Wildman–Crippen LogP) is 4.60. The van der Waals surface area contributed by atoms with Crippen LogP contribution in [0.1, 0.15) is 25.8 Å². The molecule has 40 heavy (non-hydrogen) atoms. The molecule has 5 N–H and O–H groups in total. The first-order chi connectivity index (χ1) is 19.2. The normalized spacial score (nSPS) is 10.5. The molecule has 0 radical (unpaired) electrons. The topological polar surface area (TPSA) is 149 Å². The standard InChI is InChI=1S/C23H25N7O3.C3H6F2.CH4O/c1-24-19-7-6-17(12-16(19)14-33-15-32)27-23-25-9-8-22(28-23)30(10-3-11-31)21-5-2-4-20-18(21)13-26-29-20;1-3(2,4)5;1-2/h2,4-9,12-13,15,24,31H,3,10-11,14H2,1H3,(H,26,29)(H,25,27,28);1-2H3;2H,1H3. The van der Waals surface area contributed by atoms with E-state index in [4.69, 9.17) is 14.8 Å². The van der Waals surface area contributed by atoms with Crippen molar-refractivity contribution in [1.29, 1.82) is 0 Å². The number of fused-ring (bicyclic) bond motifs is 1. The third-order valence-corrected chi connectivity index (χ3v) is 5.15. The number of carbonyl (C=O) groups excluding carboxylic acids is 1. The monoisotopic (exact) mass is 559 g/mol. The molecule has 0 unspecified atom stereocenters. The SMILES string of the molecule is CC(C)(F)F.CNc1ccc(Nc2nccc(N(CCCO)c3cccc4[nH]ncc34)n2)cc1COC=O.CO. The van der Waals surface area contributed by atoms with Gasteiger partial charge < -0.3 is 30.5 Å². The van der Waals surface area contributed by atoms with Gasteiger partial charge in [0, 0.05) is 55.8 Å². The molecule has 0 aliphatic heterocycles. The Hall–Kier alpha value is -4.36. The van der Waals surface area contributed by atoms with E-state index in [1.54, 1.807) is 19.4 Å². The lowest BCUT2D eigenvalue weighted by Gasteiger charge is -2.24. The second kappa shape index (κ2) is 15.9. The highest BCUT2D eigenvalue weighted by Gasteiger charge is 2.16. The Morgan fingerprint density at radius 3 is 2.60 bits per heavy atom. The van der Waals surface area contributed by atoms with E-state index in [0.717, 1.165) is 54.5 Å². The first kappa shape index (κ1) is 31.9. The second-order valence-electron chi connectivity index (χ2n) is 8.56. The molecule has 0 amide bonds. The Balaban J connectivity index is 0.000000722. The molecule has 0 atom stereocenters. The molecule has 216 valence electrons. The van der Waals surface area contributed by atoms with E-state index in [2.05, 4.69) is 25.8 Å². The quantitative estimate of drug-likeness (QED) is 0.165. The van der Waals surface area contributed by atoms with Crippen LogP contribution in [0.15, 0.2) is 54.9 Å². The van der Waals surface area contributed by atoms with Gasteiger partial charge >= 0.3 is 0 Å². The lowest BCUT2D eigenvalue weighted by Crippen LogP contribution is -2.21. The van der Waals surface area contributed by atoms with Crippen molar-refractivity contribution >= 4 is 46.2 Å². The van der Waals surface area contributed by atoms with E-state index >= 15 is 0 Å². The fraction of sp³-hybridized carbons (Fsp3) is 0.333. The Labute approximate surface area is 231 Å². The summed E-state index contributed by atoms with van der Waals surface area (Å²) in [6.07, 6.45) is 4.04. The van der Waals surface area contributed by atoms with Crippen molar-refractivity contribution in [3.05, 3.63) is 60.4 Å². The minimum atomic E-state index is -2.50. The molecule has 4 rings (SSSR count). The van der Waals surface area contributed by atoms with Crippen molar-refractivity contribution in [1.82, 2.24) is 20.2 Å². The molecular formula is C27H35F2N7O4. The summed E-state index contributed by atoms with van der Waals surface area (Å²) in [4.78, 5) is 21.7. The van der Waals surface area contributed by atoms with Crippen LogP contribution in [0.5, 0.6) is 0 Å². The van der Waals surface area contributed by atoms with Gasteiger partial charge in [-0.2, -0.15) is 10.1 Å². The number of aromatic nitrogens is 4. The van der Waals surface area contributed by atoms with Crippen LogP contribution in [0.25, 0.3) is 10.9 Å². The van der Waals surface area contributed by atoms with Gasteiger partial charge in [0.05, 0.1) is 17.4 Å². The number of aromatic amines is 1. The van der Waals surface area contributed by atoms with Gasteiger partial charge in [0.15, 0.2) is 0 Å². The number of nitrogens with zero attached hydrogens (tertiary/aromatic N) is 4. The number of hydrogen-bond acceptors (Lipinski definition) is 10. The summed E-state index contributed by atoms with van der Waals surface area (Å²) in [6, 6.07) is 13.4. The van der Waals surface area contributed by atoms with Crippen molar-refractivity contribution in [2.75, 3.05) is 42.8 Å². The van der Waals surface area contributed by atoms with Gasteiger partial charge in [-0.05, 0) is 56.7 Å². The van der Waals surface area contributed by atoms with E-state index < -0.39 is 5.92 Å². The number of nitrogens with one attached hydrogen (secondary N) is 3. The average Bonchev–Trinajstić information content (AvgIpc) is 3.42. The number of carbonyl (C=O) groups is 1. The lowest BCUT2D eigenvalue weighted by molar-refractivity contribution is -0.129. The molecule has 0 aliphatic rings. The largest absolute Gasteiger partial charge is 0.463 e. The fourth-order valence-electron chi connectivity index (χ4n) is 3.62. The summed E-state index contributed by atoms with van der Waals surface area (Å²) in [7, 11) is 2.81. The number of hydrogen-bond donors (Lipinski definition) is 5. The van der Waals surface area contributed by atoms with Gasteiger partial charge in [-0.15, -0.1) is 0 Å². The Kier molecular flexibility index (Phi) is 12.7. The molecule has 2 aromatic heterocycles. The average molecular weight is 560 g/mol. The highest BCUT2D eigenvalue weighted by Crippen LogP contribution is 2.31. The maximum Gasteiger partial charge on any atom is 0.293 e. The number of rotatable bonds is 11. The summed E-state index contributed by atoms with van der Waals surface area (Å²) in [5, 5.41) is 30.8. The second-order valence-corrected chi connectivity index (χ2v) is 8.56. The van der Waals surface area contributed by atoms with Gasteiger partial charge in [0.2, 0.25) is 11.9 Å². The number of aliphatic hydroxyl groups excluding tert-OH is 2. The van der Waals surface area contributed by atoms with Crippen molar-refractivity contribution in [3.63, 3.8) is 0 Å². The van der Waals surface area contributed by atoms with Crippen LogP contribution in [0, 0.1) is 0 Å². The van der Waals surface area contributed by atoms with Crippen molar-refractivity contribution in [2.45, 2.75) is 32.8 Å². The number of halogens is 2. The molecule has 4 aromatic rings. The van der Waals surface area contributed by atoms with Gasteiger partial charge in [-0.25, -0.2) is 13.8 Å². The van der Waals surface area contributed by atoms with Crippen LogP contribution in [-0.2, 0) is 16.1 Å². The molecule has 13 heteroatoms. The lowest BCUT2D eigenvalue weighted by atomic mass is 10.1. The van der Waals surface area contributed by atoms with Crippen LogP contribution < -0.4 is 15.5 Å². The van der Waals surface area contributed by atoms with Crippen LogP contribution in [0.2, 0.25) is 0 Å². The Morgan fingerprint density at radius 1 is 1.18 bits per heavy atom. The van der Waals surface area contributed by atoms with Crippen molar-refractivity contribution < 1.29 is 28.5 Å². The maximum absolute atomic E-state index is 11.0. The number of ether oxygens (including phenoxy) is 1. The molecular weight excluding hydrogens is 524 g/mol. The zero-order chi connectivity index (χ0) is 29.5. The number of alkyl halides is 2. The van der Waals surface area contributed by atoms with Crippen LogP contribution >= 0.6 is 0 Å². The summed E-state index contributed by atoms with van der Waals surface area (Å²) in [6.45, 7) is 2.92. The summed E-state index contributed by atoms with van der Waals surface area (Å²) in [5.41, 5.74) is 4.30. The Bertz CT molecular complexity index is 1330. The van der Waals surface area contributed by atoms with Crippen molar-refractivity contribution in [3.8, 4) is 0 Å².